The van der Waals surface area contributed by atoms with Crippen molar-refractivity contribution in [2.75, 3.05) is 6.54 Å². The van der Waals surface area contributed by atoms with E-state index >= 15 is 0 Å². The van der Waals surface area contributed by atoms with Crippen molar-refractivity contribution in [2.24, 2.45) is 0 Å². The molecule has 0 saturated carbocycles. The number of amides is 2. The fraction of sp³-hybridized carbons (Fsp3) is 0.292. The second-order valence-corrected chi connectivity index (χ2v) is 6.94. The van der Waals surface area contributed by atoms with Crippen molar-refractivity contribution in [3.8, 4) is 5.75 Å². The zero-order valence-corrected chi connectivity index (χ0v) is 16.8. The van der Waals surface area contributed by atoms with Gasteiger partial charge < -0.3 is 19.4 Å². The maximum absolute atomic E-state index is 12.7. The molecule has 29 heavy (non-hydrogen) atoms. The van der Waals surface area contributed by atoms with Crippen LogP contribution in [0.25, 0.3) is 0 Å². The lowest BCUT2D eigenvalue weighted by Crippen LogP contribution is -2.39. The van der Waals surface area contributed by atoms with Gasteiger partial charge in [0.1, 0.15) is 18.1 Å². The van der Waals surface area contributed by atoms with E-state index in [0.717, 1.165) is 35.5 Å². The van der Waals surface area contributed by atoms with Crippen molar-refractivity contribution in [2.45, 2.75) is 39.5 Å². The largest absolute Gasteiger partial charge is 0.489 e. The van der Waals surface area contributed by atoms with E-state index in [4.69, 9.17) is 9.15 Å². The molecule has 0 bridgehead atoms. The Bertz CT molecular complexity index is 863. The molecule has 0 aliphatic carbocycles. The first-order chi connectivity index (χ1) is 14.2. The third kappa shape index (κ3) is 6.71. The molecule has 0 atom stereocenters. The minimum Gasteiger partial charge on any atom is -0.489 e. The normalized spacial score (nSPS) is 10.5. The number of hydrogen-bond acceptors (Lipinski definition) is 3. The van der Waals surface area contributed by atoms with Gasteiger partial charge in [-0.1, -0.05) is 55.8 Å². The zero-order chi connectivity index (χ0) is 20.3. The highest BCUT2D eigenvalue weighted by Gasteiger charge is 2.16. The number of nitrogens with zero attached hydrogens (tertiary/aromatic N) is 1. The van der Waals surface area contributed by atoms with Gasteiger partial charge in [0.2, 0.25) is 0 Å². The van der Waals surface area contributed by atoms with Gasteiger partial charge in [-0.3, -0.25) is 0 Å². The number of rotatable bonds is 10. The van der Waals surface area contributed by atoms with Crippen LogP contribution in [-0.2, 0) is 19.7 Å². The van der Waals surface area contributed by atoms with Crippen LogP contribution in [0.2, 0.25) is 0 Å². The minimum absolute atomic E-state index is 0.0922. The quantitative estimate of drug-likeness (QED) is 0.472. The number of benzene rings is 2. The first kappa shape index (κ1) is 20.5. The topological polar surface area (TPSA) is 54.7 Å². The van der Waals surface area contributed by atoms with Crippen molar-refractivity contribution < 1.29 is 13.9 Å². The smallest absolute Gasteiger partial charge is 0.318 e. The molecule has 0 radical (unpaired) electrons. The Kier molecular flexibility index (Phi) is 7.75. The number of carbonyl (C=O) groups excluding carboxylic acids is 1. The van der Waals surface area contributed by atoms with Crippen LogP contribution in [0.5, 0.6) is 5.75 Å². The fourth-order valence-electron chi connectivity index (χ4n) is 2.97. The molecule has 3 rings (SSSR count). The number of urea groups is 1. The van der Waals surface area contributed by atoms with Gasteiger partial charge in [-0.25, -0.2) is 4.79 Å². The van der Waals surface area contributed by atoms with Crippen LogP contribution in [0, 0.1) is 0 Å². The Morgan fingerprint density at radius 1 is 1.00 bits per heavy atom. The van der Waals surface area contributed by atoms with E-state index in [1.54, 1.807) is 11.2 Å². The van der Waals surface area contributed by atoms with Crippen molar-refractivity contribution in [1.29, 1.82) is 0 Å². The van der Waals surface area contributed by atoms with Gasteiger partial charge in [-0.15, -0.1) is 0 Å². The Hall–Kier alpha value is -3.21. The van der Waals surface area contributed by atoms with Gasteiger partial charge in [-0.05, 0) is 41.8 Å². The summed E-state index contributed by atoms with van der Waals surface area (Å²) in [5.41, 5.74) is 2.13. The molecule has 1 aromatic heterocycles. The first-order valence-electron chi connectivity index (χ1n) is 10.1. The molecule has 2 amide bonds. The summed E-state index contributed by atoms with van der Waals surface area (Å²) in [6.07, 6.45) is 3.63. The Balaban J connectivity index is 1.65. The average molecular weight is 392 g/mol. The SMILES string of the molecule is CCCCNC(=O)N(Cc1cccc(OCc2ccccc2)c1)Cc1ccco1. The van der Waals surface area contributed by atoms with Crippen molar-refractivity contribution >= 4 is 6.03 Å². The summed E-state index contributed by atoms with van der Waals surface area (Å²) in [5.74, 6) is 1.54. The van der Waals surface area contributed by atoms with Gasteiger partial charge >= 0.3 is 6.03 Å². The van der Waals surface area contributed by atoms with Crippen LogP contribution in [0.1, 0.15) is 36.7 Å². The molecular weight excluding hydrogens is 364 g/mol. The molecular formula is C24H28N2O3. The summed E-state index contributed by atoms with van der Waals surface area (Å²) >= 11 is 0. The maximum Gasteiger partial charge on any atom is 0.318 e. The Labute approximate surface area is 172 Å². The van der Waals surface area contributed by atoms with E-state index in [1.807, 2.05) is 66.7 Å². The maximum atomic E-state index is 12.7. The van der Waals surface area contributed by atoms with Gasteiger partial charge in [0, 0.05) is 13.1 Å². The number of unbranched alkanes of at least 4 members (excludes halogenated alkanes) is 1. The lowest BCUT2D eigenvalue weighted by molar-refractivity contribution is 0.187. The second kappa shape index (κ2) is 11.0. The van der Waals surface area contributed by atoms with E-state index in [9.17, 15) is 4.79 Å². The molecule has 5 heteroatoms. The highest BCUT2D eigenvalue weighted by molar-refractivity contribution is 5.74. The van der Waals surface area contributed by atoms with Crippen molar-refractivity contribution in [3.05, 3.63) is 89.9 Å². The molecule has 1 heterocycles. The standard InChI is InChI=1S/C24H28N2O3/c1-2-3-14-25-24(27)26(18-23-13-8-15-28-23)17-21-11-7-12-22(16-21)29-19-20-9-5-4-6-10-20/h4-13,15-16H,2-3,14,17-19H2,1H3,(H,25,27). The summed E-state index contributed by atoms with van der Waals surface area (Å²) < 4.78 is 11.4. The lowest BCUT2D eigenvalue weighted by atomic mass is 10.2. The van der Waals surface area contributed by atoms with E-state index in [0.29, 0.717) is 26.2 Å². The van der Waals surface area contributed by atoms with Crippen molar-refractivity contribution in [1.82, 2.24) is 10.2 Å². The summed E-state index contributed by atoms with van der Waals surface area (Å²) in [6.45, 7) is 4.18. The van der Waals surface area contributed by atoms with E-state index in [2.05, 4.69) is 12.2 Å². The van der Waals surface area contributed by atoms with Crippen LogP contribution >= 0.6 is 0 Å². The molecule has 0 saturated heterocycles. The third-order valence-electron chi connectivity index (χ3n) is 4.54. The van der Waals surface area contributed by atoms with Crippen LogP contribution in [0.4, 0.5) is 4.79 Å². The Morgan fingerprint density at radius 2 is 1.83 bits per heavy atom. The highest BCUT2D eigenvalue weighted by atomic mass is 16.5. The van der Waals surface area contributed by atoms with Gasteiger partial charge in [0.05, 0.1) is 12.8 Å². The molecule has 152 valence electrons. The molecule has 3 aromatic rings. The molecule has 5 nitrogen and oxygen atoms in total. The molecule has 2 aromatic carbocycles. The molecule has 0 aliphatic rings. The molecule has 0 spiro atoms. The summed E-state index contributed by atoms with van der Waals surface area (Å²) in [4.78, 5) is 14.4. The monoisotopic (exact) mass is 392 g/mol. The number of hydrogen-bond donors (Lipinski definition) is 1. The molecule has 0 unspecified atom stereocenters. The predicted octanol–water partition coefficient (Wildman–Crippen LogP) is 5.37. The van der Waals surface area contributed by atoms with Crippen LogP contribution < -0.4 is 10.1 Å². The lowest BCUT2D eigenvalue weighted by Gasteiger charge is -2.22. The van der Waals surface area contributed by atoms with Gasteiger partial charge in [0.15, 0.2) is 0 Å². The van der Waals surface area contributed by atoms with Crippen LogP contribution in [-0.4, -0.2) is 17.5 Å². The number of carbonyl (C=O) groups is 1. The first-order valence-corrected chi connectivity index (χ1v) is 10.1. The Morgan fingerprint density at radius 3 is 2.59 bits per heavy atom. The summed E-state index contributed by atoms with van der Waals surface area (Å²) in [6, 6.07) is 21.6. The number of furan rings is 1. The fourth-order valence-corrected chi connectivity index (χ4v) is 2.97. The average Bonchev–Trinajstić information content (AvgIpc) is 3.26. The van der Waals surface area contributed by atoms with Crippen LogP contribution in [0.15, 0.2) is 77.4 Å². The minimum atomic E-state index is -0.0922. The van der Waals surface area contributed by atoms with Crippen LogP contribution in [0.3, 0.4) is 0 Å². The van der Waals surface area contributed by atoms with E-state index in [-0.39, 0.29) is 6.03 Å². The second-order valence-electron chi connectivity index (χ2n) is 6.94. The van der Waals surface area contributed by atoms with Gasteiger partial charge in [-0.2, -0.15) is 0 Å². The third-order valence-corrected chi connectivity index (χ3v) is 4.54. The number of nitrogens with one attached hydrogen (secondary N) is 1. The van der Waals surface area contributed by atoms with E-state index in [1.165, 1.54) is 0 Å². The molecule has 0 aliphatic heterocycles. The zero-order valence-electron chi connectivity index (χ0n) is 16.8. The summed E-state index contributed by atoms with van der Waals surface area (Å²) in [7, 11) is 0. The summed E-state index contributed by atoms with van der Waals surface area (Å²) in [5, 5.41) is 2.99. The molecule has 0 fully saturated rings. The predicted molar refractivity (Wildman–Crippen MR) is 113 cm³/mol. The van der Waals surface area contributed by atoms with Crippen molar-refractivity contribution in [3.63, 3.8) is 0 Å². The highest BCUT2D eigenvalue weighted by Crippen LogP contribution is 2.18. The van der Waals surface area contributed by atoms with Gasteiger partial charge in [0.25, 0.3) is 0 Å². The molecule has 1 N–H and O–H groups in total. The van der Waals surface area contributed by atoms with E-state index < -0.39 is 0 Å². The number of ether oxygens (including phenoxy) is 1.